The van der Waals surface area contributed by atoms with Crippen LogP contribution in [0, 0.1) is 0 Å². The van der Waals surface area contributed by atoms with Gasteiger partial charge in [0.2, 0.25) is 16.0 Å². The fourth-order valence-electron chi connectivity index (χ4n) is 4.45. The smallest absolute Gasteiger partial charge is 0.236 e. The van der Waals surface area contributed by atoms with Gasteiger partial charge in [-0.25, -0.2) is 18.4 Å². The normalized spacial score (nSPS) is 17.4. The Hall–Kier alpha value is -3.73. The summed E-state index contributed by atoms with van der Waals surface area (Å²) in [7, 11) is -3.65. The number of pyridine rings is 1. The van der Waals surface area contributed by atoms with Gasteiger partial charge in [0.1, 0.15) is 11.5 Å². The Labute approximate surface area is 232 Å². The van der Waals surface area contributed by atoms with Gasteiger partial charge in [-0.3, -0.25) is 9.71 Å². The summed E-state index contributed by atoms with van der Waals surface area (Å²) in [6.07, 6.45) is 8.92. The lowest BCUT2D eigenvalue weighted by Gasteiger charge is -2.26. The number of nitrogens with zero attached hydrogens (tertiary/aromatic N) is 3. The topological polar surface area (TPSA) is 132 Å². The van der Waals surface area contributed by atoms with E-state index in [-0.39, 0.29) is 28.5 Å². The van der Waals surface area contributed by atoms with Crippen LogP contribution in [0.25, 0.3) is 11.3 Å². The minimum Gasteiger partial charge on any atom is -0.456 e. The Bertz CT molecular complexity index is 1530. The lowest BCUT2D eigenvalue weighted by Crippen LogP contribution is -2.33. The molecule has 9 nitrogen and oxygen atoms in total. The highest BCUT2D eigenvalue weighted by molar-refractivity contribution is 7.91. The van der Waals surface area contributed by atoms with Gasteiger partial charge in [-0.2, -0.15) is 0 Å². The molecule has 11 heteroatoms. The molecule has 2 heterocycles. The second-order valence-electron chi connectivity index (χ2n) is 9.48. The summed E-state index contributed by atoms with van der Waals surface area (Å²) < 4.78 is 34.0. The molecule has 39 heavy (non-hydrogen) atoms. The molecule has 0 spiro atoms. The maximum absolute atomic E-state index is 12.6. The monoisotopic (exact) mass is 564 g/mol. The number of halogens is 1. The van der Waals surface area contributed by atoms with Crippen molar-refractivity contribution < 1.29 is 13.2 Å². The molecule has 1 aliphatic rings. The molecular formula is C28H29ClN6O3S. The van der Waals surface area contributed by atoms with Crippen molar-refractivity contribution in [2.24, 2.45) is 5.73 Å². The fraction of sp³-hybridized carbons (Fsp3) is 0.250. The van der Waals surface area contributed by atoms with Gasteiger partial charge in [0.15, 0.2) is 0 Å². The van der Waals surface area contributed by atoms with E-state index in [2.05, 4.69) is 25.0 Å². The first-order valence-corrected chi connectivity index (χ1v) is 14.7. The van der Waals surface area contributed by atoms with Crippen molar-refractivity contribution in [2.75, 3.05) is 10.0 Å². The average Bonchev–Trinajstić information content (AvgIpc) is 2.92. The van der Waals surface area contributed by atoms with Crippen LogP contribution < -0.4 is 20.5 Å². The van der Waals surface area contributed by atoms with E-state index in [0.29, 0.717) is 34.3 Å². The van der Waals surface area contributed by atoms with E-state index in [4.69, 9.17) is 22.1 Å². The molecule has 0 atom stereocenters. The van der Waals surface area contributed by atoms with Crippen molar-refractivity contribution in [3.63, 3.8) is 0 Å². The summed E-state index contributed by atoms with van der Waals surface area (Å²) >= 11 is 6.43. The van der Waals surface area contributed by atoms with Crippen LogP contribution in [0.1, 0.15) is 31.2 Å². The molecule has 0 unspecified atom stereocenters. The van der Waals surface area contributed by atoms with Crippen LogP contribution in [0.3, 0.4) is 0 Å². The zero-order chi connectivity index (χ0) is 27.2. The van der Waals surface area contributed by atoms with Gasteiger partial charge in [-0.15, -0.1) is 0 Å². The van der Waals surface area contributed by atoms with Crippen molar-refractivity contribution in [1.82, 2.24) is 15.0 Å². The summed E-state index contributed by atoms with van der Waals surface area (Å²) in [5.74, 6) is 1.33. The molecule has 0 amide bonds. The largest absolute Gasteiger partial charge is 0.456 e. The van der Waals surface area contributed by atoms with Crippen molar-refractivity contribution >= 4 is 33.3 Å². The van der Waals surface area contributed by atoms with Crippen molar-refractivity contribution in [3.05, 3.63) is 89.8 Å². The molecule has 2 aromatic heterocycles. The zero-order valence-electron chi connectivity index (χ0n) is 21.1. The minimum atomic E-state index is -3.65. The van der Waals surface area contributed by atoms with Gasteiger partial charge in [0.25, 0.3) is 0 Å². The second-order valence-corrected chi connectivity index (χ2v) is 11.6. The van der Waals surface area contributed by atoms with Gasteiger partial charge in [-0.05, 0) is 55.5 Å². The van der Waals surface area contributed by atoms with E-state index >= 15 is 0 Å². The van der Waals surface area contributed by atoms with Crippen LogP contribution in [0.2, 0.25) is 5.02 Å². The van der Waals surface area contributed by atoms with E-state index in [9.17, 15) is 8.42 Å². The van der Waals surface area contributed by atoms with Crippen molar-refractivity contribution in [2.45, 2.75) is 43.5 Å². The number of anilines is 2. The van der Waals surface area contributed by atoms with Crippen LogP contribution in [0.15, 0.2) is 79.3 Å². The number of aromatic nitrogens is 3. The molecule has 1 saturated carbocycles. The van der Waals surface area contributed by atoms with Crippen molar-refractivity contribution in [1.29, 1.82) is 0 Å². The summed E-state index contributed by atoms with van der Waals surface area (Å²) in [5, 5.41) is 3.62. The highest BCUT2D eigenvalue weighted by Crippen LogP contribution is 2.35. The molecule has 0 bridgehead atoms. The van der Waals surface area contributed by atoms with Gasteiger partial charge < -0.3 is 15.8 Å². The van der Waals surface area contributed by atoms with Gasteiger partial charge in [0, 0.05) is 36.7 Å². The number of benzene rings is 2. The van der Waals surface area contributed by atoms with Crippen LogP contribution in [0.4, 0.5) is 11.6 Å². The molecular weight excluding hydrogens is 536 g/mol. The highest BCUT2D eigenvalue weighted by Gasteiger charge is 2.20. The highest BCUT2D eigenvalue weighted by atomic mass is 35.5. The number of nitrogens with one attached hydrogen (secondary N) is 2. The van der Waals surface area contributed by atoms with Crippen molar-refractivity contribution in [3.8, 4) is 22.8 Å². The van der Waals surface area contributed by atoms with Gasteiger partial charge >= 0.3 is 0 Å². The Balaban J connectivity index is 1.30. The summed E-state index contributed by atoms with van der Waals surface area (Å²) in [5.41, 5.74) is 8.30. The SMILES string of the molecule is NC1CCC(Nc2nccc(-c3cnccc3Oc3ccc(NS(=O)(=O)Cc4ccccc4)c(Cl)c3)n2)CC1. The van der Waals surface area contributed by atoms with E-state index in [1.165, 1.54) is 0 Å². The lowest BCUT2D eigenvalue weighted by atomic mass is 9.92. The first-order chi connectivity index (χ1) is 18.8. The molecule has 1 fully saturated rings. The van der Waals surface area contributed by atoms with Gasteiger partial charge in [0.05, 0.1) is 27.7 Å². The third-order valence-corrected chi connectivity index (χ3v) is 8.01. The molecule has 0 radical (unpaired) electrons. The molecule has 4 aromatic rings. The number of rotatable bonds is 9. The molecule has 5 rings (SSSR count). The standard InChI is InChI=1S/C28H29ClN6O3S/c29-24-16-22(10-11-26(24)35-39(36,37)18-19-4-2-1-3-5-19)38-27-13-14-31-17-23(27)25-12-15-32-28(34-25)33-21-8-6-20(30)7-9-21/h1-5,10-17,20-21,35H,6-9,18,30H2,(H,32,33,34). The molecule has 2 aromatic carbocycles. The molecule has 1 aliphatic carbocycles. The third-order valence-electron chi connectivity index (χ3n) is 6.45. The predicted octanol–water partition coefficient (Wildman–Crippen LogP) is 5.61. The van der Waals surface area contributed by atoms with Crippen LogP contribution in [-0.2, 0) is 15.8 Å². The predicted molar refractivity (Wildman–Crippen MR) is 153 cm³/mol. The molecule has 0 saturated heterocycles. The summed E-state index contributed by atoms with van der Waals surface area (Å²) in [6, 6.07) is 17.8. The summed E-state index contributed by atoms with van der Waals surface area (Å²) in [6.45, 7) is 0. The Morgan fingerprint density at radius 3 is 2.56 bits per heavy atom. The van der Waals surface area contributed by atoms with E-state index in [1.807, 2.05) is 6.07 Å². The van der Waals surface area contributed by atoms with Crippen LogP contribution in [-0.4, -0.2) is 35.5 Å². The molecule has 0 aliphatic heterocycles. The van der Waals surface area contributed by atoms with Crippen LogP contribution in [0.5, 0.6) is 11.5 Å². The number of ether oxygens (including phenoxy) is 1. The number of hydrogen-bond acceptors (Lipinski definition) is 8. The fourth-order valence-corrected chi connectivity index (χ4v) is 5.94. The van der Waals surface area contributed by atoms with E-state index < -0.39 is 10.0 Å². The second kappa shape index (κ2) is 12.0. The first kappa shape index (κ1) is 26.9. The quantitative estimate of drug-likeness (QED) is 0.239. The number of nitrogens with two attached hydrogens (primary N) is 1. The summed E-state index contributed by atoms with van der Waals surface area (Å²) in [4.78, 5) is 13.3. The maximum Gasteiger partial charge on any atom is 0.236 e. The average molecular weight is 565 g/mol. The lowest BCUT2D eigenvalue weighted by molar-refractivity contribution is 0.410. The Kier molecular flexibility index (Phi) is 8.25. The minimum absolute atomic E-state index is 0.160. The number of hydrogen-bond donors (Lipinski definition) is 3. The van der Waals surface area contributed by atoms with E-state index in [0.717, 1.165) is 25.7 Å². The zero-order valence-corrected chi connectivity index (χ0v) is 22.7. The number of sulfonamides is 1. The van der Waals surface area contributed by atoms with E-state index in [1.54, 1.807) is 73.2 Å². The Morgan fingerprint density at radius 1 is 1.00 bits per heavy atom. The van der Waals surface area contributed by atoms with Gasteiger partial charge in [-0.1, -0.05) is 41.9 Å². The molecule has 202 valence electrons. The third kappa shape index (κ3) is 7.23. The van der Waals surface area contributed by atoms with Crippen LogP contribution >= 0.6 is 11.6 Å². The molecule has 4 N–H and O–H groups in total. The Morgan fingerprint density at radius 2 is 1.79 bits per heavy atom. The first-order valence-electron chi connectivity index (χ1n) is 12.7. The maximum atomic E-state index is 12.6.